The number of aryl methyl sites for hydroxylation is 3. The van der Waals surface area contributed by atoms with E-state index < -0.39 is 18.8 Å². The second kappa shape index (κ2) is 12.6. The van der Waals surface area contributed by atoms with E-state index in [-0.39, 0.29) is 6.04 Å². The molecule has 11 heteroatoms. The lowest BCUT2D eigenvalue weighted by Crippen LogP contribution is -2.44. The number of rotatable bonds is 6. The van der Waals surface area contributed by atoms with Crippen LogP contribution in [0.2, 0.25) is 0 Å². The van der Waals surface area contributed by atoms with Gasteiger partial charge in [-0.1, -0.05) is 30.2 Å². The van der Waals surface area contributed by atoms with Crippen molar-refractivity contribution in [2.24, 2.45) is 4.99 Å². The molecule has 0 saturated carbocycles. The fourth-order valence-corrected chi connectivity index (χ4v) is 5.23. The van der Waals surface area contributed by atoms with Gasteiger partial charge in [0.2, 0.25) is 0 Å². The van der Waals surface area contributed by atoms with E-state index in [1.54, 1.807) is 4.90 Å². The van der Waals surface area contributed by atoms with Crippen LogP contribution in [0.15, 0.2) is 46.2 Å². The van der Waals surface area contributed by atoms with Gasteiger partial charge in [0.1, 0.15) is 5.82 Å². The van der Waals surface area contributed by atoms with Crippen LogP contribution in [0.1, 0.15) is 67.0 Å². The van der Waals surface area contributed by atoms with E-state index in [9.17, 15) is 18.3 Å². The van der Waals surface area contributed by atoms with Gasteiger partial charge < -0.3 is 15.7 Å². The van der Waals surface area contributed by atoms with E-state index in [2.05, 4.69) is 20.8 Å². The number of hydrogen-bond acceptors (Lipinski definition) is 6. The second-order valence-electron chi connectivity index (χ2n) is 10.3. The first-order chi connectivity index (χ1) is 18.5. The van der Waals surface area contributed by atoms with Crippen LogP contribution in [-0.4, -0.2) is 51.4 Å². The Morgan fingerprint density at radius 2 is 1.85 bits per heavy atom. The molecule has 3 heterocycles. The zero-order chi connectivity index (χ0) is 28.2. The van der Waals surface area contributed by atoms with Gasteiger partial charge in [0.15, 0.2) is 17.8 Å². The number of aliphatic hydroxyl groups excluding tert-OH is 1. The predicted octanol–water partition coefficient (Wildman–Crippen LogP) is 6.86. The number of piperidine rings is 1. The van der Waals surface area contributed by atoms with Gasteiger partial charge in [-0.15, -0.1) is 0 Å². The number of aliphatic imine (C=N–C) groups is 1. The van der Waals surface area contributed by atoms with E-state index in [1.807, 2.05) is 51.1 Å². The molecule has 0 aliphatic carbocycles. The number of benzene rings is 1. The highest BCUT2D eigenvalue weighted by Gasteiger charge is 2.40. The van der Waals surface area contributed by atoms with Gasteiger partial charge in [-0.05, 0) is 88.3 Å². The van der Waals surface area contributed by atoms with Crippen molar-refractivity contribution in [3.63, 3.8) is 0 Å². The molecule has 1 saturated heterocycles. The molecular formula is C28H36ClF3N6O. The van der Waals surface area contributed by atoms with Crippen molar-refractivity contribution < 1.29 is 18.3 Å². The van der Waals surface area contributed by atoms with Crippen LogP contribution >= 0.6 is 11.6 Å². The molecule has 0 radical (unpaired) electrons. The van der Waals surface area contributed by atoms with Crippen LogP contribution in [0, 0.1) is 20.8 Å². The lowest BCUT2D eigenvalue weighted by atomic mass is 9.90. The summed E-state index contributed by atoms with van der Waals surface area (Å²) in [5, 5.41) is 24.0. The minimum absolute atomic E-state index is 0.178. The first-order valence-corrected chi connectivity index (χ1v) is 13.7. The third kappa shape index (κ3) is 7.64. The number of nitrogens with one attached hydrogen (secondary N) is 3. The number of β-amino-alcohol motifs (C(OH)–C–C–N with tert-alkyl or cyclic N) is 1. The fraction of sp³-hybridized carbons (Fsp3) is 0.500. The number of nitrogens with zero attached hydrogens (tertiary/aromatic N) is 3. The number of aliphatic hydroxyl groups is 1. The SMILES string of the molecule is Cc1cc(N/C2=N/C(Nc3cc(C)c(C4CCCCN4C[C@H](O)C(F)(F)F)cc3C)=C/CCCC=C2Cl)n[nH]1. The van der Waals surface area contributed by atoms with Crippen molar-refractivity contribution in [1.82, 2.24) is 15.1 Å². The molecule has 1 aromatic heterocycles. The molecule has 2 atom stereocenters. The lowest BCUT2D eigenvalue weighted by molar-refractivity contribution is -0.210. The number of aromatic amines is 1. The summed E-state index contributed by atoms with van der Waals surface area (Å²) in [6, 6.07) is 5.74. The van der Waals surface area contributed by atoms with E-state index in [0.717, 1.165) is 66.6 Å². The van der Waals surface area contributed by atoms with Crippen molar-refractivity contribution in [3.8, 4) is 0 Å². The van der Waals surface area contributed by atoms with Crippen LogP contribution in [0.5, 0.6) is 0 Å². The molecule has 0 bridgehead atoms. The summed E-state index contributed by atoms with van der Waals surface area (Å²) < 4.78 is 39.3. The van der Waals surface area contributed by atoms with Gasteiger partial charge >= 0.3 is 6.18 Å². The van der Waals surface area contributed by atoms with Gasteiger partial charge in [0.25, 0.3) is 0 Å². The van der Waals surface area contributed by atoms with Gasteiger partial charge in [-0.2, -0.15) is 18.3 Å². The predicted molar refractivity (Wildman–Crippen MR) is 150 cm³/mol. The Balaban J connectivity index is 1.58. The van der Waals surface area contributed by atoms with Crippen molar-refractivity contribution >= 4 is 28.9 Å². The summed E-state index contributed by atoms with van der Waals surface area (Å²) in [7, 11) is 0. The Labute approximate surface area is 232 Å². The first-order valence-electron chi connectivity index (χ1n) is 13.3. The van der Waals surface area contributed by atoms with Crippen molar-refractivity contribution in [2.75, 3.05) is 23.7 Å². The molecule has 1 aromatic carbocycles. The highest BCUT2D eigenvalue weighted by atomic mass is 35.5. The average molecular weight is 565 g/mol. The quantitative estimate of drug-likeness (QED) is 0.308. The molecule has 2 aromatic rings. The number of aromatic nitrogens is 2. The molecule has 212 valence electrons. The number of halogens is 4. The highest BCUT2D eigenvalue weighted by Crippen LogP contribution is 2.36. The smallest absolute Gasteiger partial charge is 0.382 e. The van der Waals surface area contributed by atoms with Crippen LogP contribution in [-0.2, 0) is 0 Å². The standard InChI is InChI=1S/C28H36ClF3N6O/c1-17-14-22(18(2)13-20(17)23-10-7-8-12-38(23)16-24(39)28(30,31)32)33-25-11-6-4-5-9-21(29)27(34-25)35-26-15-19(3)36-37-26/h9,11,13-15,23-24,33,39H,4-8,10,12,16H2,1-3H3,(H2,34,35,36,37)/b21-9?,25-11+/t23?,24-/m0/s1. The Kier molecular flexibility index (Phi) is 9.40. The lowest BCUT2D eigenvalue weighted by Gasteiger charge is -2.38. The van der Waals surface area contributed by atoms with Crippen molar-refractivity contribution in [1.29, 1.82) is 0 Å². The zero-order valence-corrected chi connectivity index (χ0v) is 23.3. The van der Waals surface area contributed by atoms with E-state index in [4.69, 9.17) is 16.6 Å². The zero-order valence-electron chi connectivity index (χ0n) is 22.5. The molecule has 2 aliphatic heterocycles. The summed E-state index contributed by atoms with van der Waals surface area (Å²) in [5.41, 5.74) is 4.68. The van der Waals surface area contributed by atoms with E-state index in [1.165, 1.54) is 0 Å². The molecule has 4 N–H and O–H groups in total. The number of hydrogen-bond donors (Lipinski definition) is 4. The topological polar surface area (TPSA) is 88.6 Å². The van der Waals surface area contributed by atoms with Crippen LogP contribution in [0.25, 0.3) is 0 Å². The summed E-state index contributed by atoms with van der Waals surface area (Å²) in [6.07, 6.45) is 2.04. The third-order valence-electron chi connectivity index (χ3n) is 7.11. The van der Waals surface area contributed by atoms with E-state index >= 15 is 0 Å². The maximum absolute atomic E-state index is 13.1. The fourth-order valence-electron chi connectivity index (χ4n) is 5.03. The maximum atomic E-state index is 13.1. The Hall–Kier alpha value is -2.82. The van der Waals surface area contributed by atoms with Crippen molar-refractivity contribution in [2.45, 2.75) is 77.6 Å². The Morgan fingerprint density at radius 3 is 2.56 bits per heavy atom. The highest BCUT2D eigenvalue weighted by molar-refractivity contribution is 6.45. The molecule has 7 nitrogen and oxygen atoms in total. The molecule has 4 rings (SSSR count). The number of alkyl halides is 3. The number of likely N-dealkylation sites (tertiary alicyclic amines) is 1. The molecule has 39 heavy (non-hydrogen) atoms. The summed E-state index contributed by atoms with van der Waals surface area (Å²) >= 11 is 6.58. The van der Waals surface area contributed by atoms with Gasteiger partial charge in [-0.25, -0.2) is 4.99 Å². The number of amidine groups is 1. The minimum Gasteiger partial charge on any atom is -0.382 e. The van der Waals surface area contributed by atoms with Crippen molar-refractivity contribution in [3.05, 3.63) is 63.6 Å². The van der Waals surface area contributed by atoms with Crippen LogP contribution in [0.4, 0.5) is 24.7 Å². The molecule has 1 unspecified atom stereocenters. The molecule has 0 amide bonds. The van der Waals surface area contributed by atoms with E-state index in [0.29, 0.717) is 29.1 Å². The monoisotopic (exact) mass is 564 g/mol. The normalized spacial score (nSPS) is 22.9. The molecule has 2 aliphatic rings. The average Bonchev–Trinajstić information content (AvgIpc) is 3.31. The summed E-state index contributed by atoms with van der Waals surface area (Å²) in [4.78, 5) is 6.55. The molecule has 1 fully saturated rings. The number of allylic oxidation sites excluding steroid dienone is 2. The maximum Gasteiger partial charge on any atom is 0.415 e. The first kappa shape index (κ1) is 29.2. The van der Waals surface area contributed by atoms with Crippen LogP contribution in [0.3, 0.4) is 0 Å². The summed E-state index contributed by atoms with van der Waals surface area (Å²) in [6.45, 7) is 5.96. The Bertz CT molecular complexity index is 1250. The minimum atomic E-state index is -4.63. The van der Waals surface area contributed by atoms with Gasteiger partial charge in [-0.3, -0.25) is 10.00 Å². The Morgan fingerprint density at radius 1 is 1.08 bits per heavy atom. The number of anilines is 2. The van der Waals surface area contributed by atoms with Gasteiger partial charge in [0.05, 0.1) is 5.03 Å². The molecule has 0 spiro atoms. The molecular weight excluding hydrogens is 529 g/mol. The largest absolute Gasteiger partial charge is 0.415 e. The number of H-pyrrole nitrogens is 1. The van der Waals surface area contributed by atoms with Crippen LogP contribution < -0.4 is 10.6 Å². The van der Waals surface area contributed by atoms with Gasteiger partial charge in [0, 0.05) is 30.0 Å². The third-order valence-corrected chi connectivity index (χ3v) is 7.45. The second-order valence-corrected chi connectivity index (χ2v) is 10.7. The summed E-state index contributed by atoms with van der Waals surface area (Å²) in [5.74, 6) is 1.73.